The van der Waals surface area contributed by atoms with Crippen LogP contribution in [0, 0.1) is 13.8 Å². The molecule has 1 spiro atoms. The van der Waals surface area contributed by atoms with Gasteiger partial charge in [-0.1, -0.05) is 17.3 Å². The quantitative estimate of drug-likeness (QED) is 0.558. The van der Waals surface area contributed by atoms with E-state index in [9.17, 15) is 0 Å². The summed E-state index contributed by atoms with van der Waals surface area (Å²) in [4.78, 5) is 12.9. The van der Waals surface area contributed by atoms with Gasteiger partial charge in [0.1, 0.15) is 11.5 Å². The average Bonchev–Trinajstić information content (AvgIpc) is 3.44. The third-order valence-corrected chi connectivity index (χ3v) is 6.88. The largest absolute Gasteiger partial charge is 0.495 e. The zero-order valence-electron chi connectivity index (χ0n) is 19.7. The zero-order valence-corrected chi connectivity index (χ0v) is 19.7. The summed E-state index contributed by atoms with van der Waals surface area (Å²) in [7, 11) is 1.70. The van der Waals surface area contributed by atoms with E-state index in [0.29, 0.717) is 6.61 Å². The van der Waals surface area contributed by atoms with Gasteiger partial charge in [-0.2, -0.15) is 0 Å². The molecule has 1 unspecified atom stereocenters. The Morgan fingerprint density at radius 2 is 2.06 bits per heavy atom. The van der Waals surface area contributed by atoms with Crippen LogP contribution in [0.5, 0.6) is 11.5 Å². The molecular formula is C27H28N4O3. The number of hydrogen-bond acceptors (Lipinski definition) is 6. The second-order valence-corrected chi connectivity index (χ2v) is 9.17. The number of aromatic nitrogens is 2. The van der Waals surface area contributed by atoms with Crippen molar-refractivity contribution in [1.82, 2.24) is 14.5 Å². The van der Waals surface area contributed by atoms with Gasteiger partial charge in [-0.25, -0.2) is 4.98 Å². The van der Waals surface area contributed by atoms with Gasteiger partial charge in [0.15, 0.2) is 5.84 Å². The molecular weight excluding hydrogens is 428 g/mol. The molecule has 7 nitrogen and oxygen atoms in total. The SMILES string of the molecule is COc1cc(/C=C2\CCCN3C2=NOC32CCOc3cc(C)ccc32)ccc1-n1cnc(C)c1. The number of ether oxygens (including phenoxy) is 2. The van der Waals surface area contributed by atoms with E-state index in [0.717, 1.165) is 65.7 Å². The summed E-state index contributed by atoms with van der Waals surface area (Å²) in [5.41, 5.74) is 5.83. The smallest absolute Gasteiger partial charge is 0.244 e. The Morgan fingerprint density at radius 3 is 2.88 bits per heavy atom. The minimum Gasteiger partial charge on any atom is -0.495 e. The first-order valence-electron chi connectivity index (χ1n) is 11.7. The number of amidine groups is 1. The van der Waals surface area contributed by atoms with E-state index in [2.05, 4.69) is 64.4 Å². The summed E-state index contributed by atoms with van der Waals surface area (Å²) in [5.74, 6) is 2.62. The topological polar surface area (TPSA) is 61.1 Å². The highest BCUT2D eigenvalue weighted by Crippen LogP contribution is 2.48. The molecule has 2 aromatic carbocycles. The molecule has 0 radical (unpaired) electrons. The molecule has 174 valence electrons. The number of benzene rings is 2. The Kier molecular flexibility index (Phi) is 4.86. The highest BCUT2D eigenvalue weighted by molar-refractivity contribution is 6.03. The molecule has 1 fully saturated rings. The van der Waals surface area contributed by atoms with E-state index >= 15 is 0 Å². The first-order valence-corrected chi connectivity index (χ1v) is 11.7. The summed E-state index contributed by atoms with van der Waals surface area (Å²) in [5, 5.41) is 4.62. The Hall–Kier alpha value is -3.74. The highest BCUT2D eigenvalue weighted by Gasteiger charge is 2.52. The molecule has 34 heavy (non-hydrogen) atoms. The molecule has 3 aromatic rings. The molecule has 6 rings (SSSR count). The second-order valence-electron chi connectivity index (χ2n) is 9.17. The maximum absolute atomic E-state index is 6.24. The lowest BCUT2D eigenvalue weighted by molar-refractivity contribution is -0.128. The summed E-state index contributed by atoms with van der Waals surface area (Å²) in [6.07, 6.45) is 8.75. The molecule has 1 atom stereocenters. The van der Waals surface area contributed by atoms with Crippen LogP contribution in [0.1, 0.15) is 41.6 Å². The Labute approximate surface area is 199 Å². The maximum atomic E-state index is 6.24. The second kappa shape index (κ2) is 7.94. The molecule has 0 N–H and O–H groups in total. The molecule has 0 aliphatic carbocycles. The van der Waals surface area contributed by atoms with Crippen LogP contribution in [0.4, 0.5) is 0 Å². The van der Waals surface area contributed by atoms with Crippen molar-refractivity contribution in [3.05, 3.63) is 76.9 Å². The van der Waals surface area contributed by atoms with Crippen LogP contribution >= 0.6 is 0 Å². The van der Waals surface area contributed by atoms with Gasteiger partial charge < -0.3 is 23.8 Å². The van der Waals surface area contributed by atoms with Gasteiger partial charge in [0, 0.05) is 19.2 Å². The number of oxime groups is 1. The molecule has 7 heteroatoms. The van der Waals surface area contributed by atoms with E-state index < -0.39 is 5.72 Å². The summed E-state index contributed by atoms with van der Waals surface area (Å²) in [6, 6.07) is 12.6. The molecule has 0 saturated carbocycles. The van der Waals surface area contributed by atoms with Crippen molar-refractivity contribution in [3.63, 3.8) is 0 Å². The summed E-state index contributed by atoms with van der Waals surface area (Å²) >= 11 is 0. The van der Waals surface area contributed by atoms with E-state index in [4.69, 9.17) is 14.3 Å². The number of piperidine rings is 1. The number of rotatable bonds is 3. The number of imidazole rings is 1. The van der Waals surface area contributed by atoms with Crippen LogP contribution in [0.3, 0.4) is 0 Å². The van der Waals surface area contributed by atoms with E-state index in [1.807, 2.05) is 24.0 Å². The van der Waals surface area contributed by atoms with Crippen LogP contribution in [-0.4, -0.2) is 40.5 Å². The van der Waals surface area contributed by atoms with Gasteiger partial charge in [0.05, 0.1) is 37.0 Å². The fourth-order valence-electron chi connectivity index (χ4n) is 5.22. The standard InChI is InChI=1S/C27H28N4O3/c1-18-6-8-22-24(13-18)33-12-10-27(22)31-11-4-5-21(26(31)29-34-27)14-20-7-9-23(25(15-20)32-3)30-16-19(2)28-17-30/h6-9,13-17H,4-5,10-12H2,1-3H3/b21-14+. The summed E-state index contributed by atoms with van der Waals surface area (Å²) in [6.45, 7) is 5.58. The van der Waals surface area contributed by atoms with Gasteiger partial charge in [-0.05, 0) is 73.7 Å². The minimum atomic E-state index is -0.586. The molecule has 3 aliphatic rings. The number of aryl methyl sites for hydroxylation is 2. The van der Waals surface area contributed by atoms with Crippen molar-refractivity contribution in [2.24, 2.45) is 5.16 Å². The lowest BCUT2D eigenvalue weighted by Gasteiger charge is -2.42. The monoisotopic (exact) mass is 456 g/mol. The first-order chi connectivity index (χ1) is 16.6. The third kappa shape index (κ3) is 3.26. The zero-order chi connectivity index (χ0) is 23.3. The molecule has 0 amide bonds. The molecule has 0 bridgehead atoms. The van der Waals surface area contributed by atoms with Crippen molar-refractivity contribution in [1.29, 1.82) is 0 Å². The molecule has 1 aromatic heterocycles. The van der Waals surface area contributed by atoms with Crippen molar-refractivity contribution in [2.45, 2.75) is 38.8 Å². The number of methoxy groups -OCH3 is 1. The van der Waals surface area contributed by atoms with Gasteiger partial charge in [-0.3, -0.25) is 0 Å². The van der Waals surface area contributed by atoms with Gasteiger partial charge in [0.25, 0.3) is 0 Å². The summed E-state index contributed by atoms with van der Waals surface area (Å²) < 4.78 is 13.7. The van der Waals surface area contributed by atoms with Gasteiger partial charge in [-0.15, -0.1) is 0 Å². The van der Waals surface area contributed by atoms with Gasteiger partial charge in [0.2, 0.25) is 5.72 Å². The van der Waals surface area contributed by atoms with Crippen LogP contribution in [0.15, 0.2) is 59.7 Å². The number of hydrogen-bond donors (Lipinski definition) is 0. The Morgan fingerprint density at radius 1 is 1.15 bits per heavy atom. The van der Waals surface area contributed by atoms with Gasteiger partial charge >= 0.3 is 0 Å². The predicted octanol–water partition coefficient (Wildman–Crippen LogP) is 4.96. The van der Waals surface area contributed by atoms with E-state index in [-0.39, 0.29) is 0 Å². The number of nitrogens with zero attached hydrogens (tertiary/aromatic N) is 4. The van der Waals surface area contributed by atoms with Crippen molar-refractivity contribution >= 4 is 11.9 Å². The predicted molar refractivity (Wildman–Crippen MR) is 130 cm³/mol. The Bertz CT molecular complexity index is 1330. The van der Waals surface area contributed by atoms with Crippen LogP contribution in [-0.2, 0) is 10.6 Å². The first kappa shape index (κ1) is 20.8. The fraction of sp³-hybridized carbons (Fsp3) is 0.333. The molecule has 4 heterocycles. The van der Waals surface area contributed by atoms with E-state index in [1.165, 1.54) is 11.1 Å². The lowest BCUT2D eigenvalue weighted by Crippen LogP contribution is -2.51. The van der Waals surface area contributed by atoms with Crippen LogP contribution in [0.2, 0.25) is 0 Å². The number of fused-ring (bicyclic) bond motifs is 4. The van der Waals surface area contributed by atoms with E-state index in [1.54, 1.807) is 7.11 Å². The maximum Gasteiger partial charge on any atom is 0.244 e. The van der Waals surface area contributed by atoms with Crippen molar-refractivity contribution in [2.75, 3.05) is 20.3 Å². The van der Waals surface area contributed by atoms with Crippen LogP contribution in [0.25, 0.3) is 11.8 Å². The molecule has 1 saturated heterocycles. The average molecular weight is 457 g/mol. The van der Waals surface area contributed by atoms with Crippen molar-refractivity contribution < 1.29 is 14.3 Å². The highest BCUT2D eigenvalue weighted by atomic mass is 16.7. The lowest BCUT2D eigenvalue weighted by atomic mass is 9.90. The normalized spacial score (nSPS) is 22.1. The third-order valence-electron chi connectivity index (χ3n) is 6.88. The van der Waals surface area contributed by atoms with Crippen molar-refractivity contribution in [3.8, 4) is 17.2 Å². The van der Waals surface area contributed by atoms with Crippen LogP contribution < -0.4 is 9.47 Å². The molecule has 3 aliphatic heterocycles. The Balaban J connectivity index is 1.34. The minimum absolute atomic E-state index is 0.586. The fourth-order valence-corrected chi connectivity index (χ4v) is 5.22.